The Bertz CT molecular complexity index is 638. The fraction of sp³-hybridized carbons (Fsp3) is 0.231. The summed E-state index contributed by atoms with van der Waals surface area (Å²) < 4.78 is 18.3. The number of hydrogen-bond acceptors (Lipinski definition) is 4. The first-order valence-electron chi connectivity index (χ1n) is 5.59. The third kappa shape index (κ3) is 2.90. The molecule has 19 heavy (non-hydrogen) atoms. The molecule has 1 aromatic heterocycles. The van der Waals surface area contributed by atoms with Crippen molar-refractivity contribution in [2.75, 3.05) is 7.11 Å². The zero-order chi connectivity index (χ0) is 14.0. The van der Waals surface area contributed by atoms with E-state index in [9.17, 15) is 14.0 Å². The summed E-state index contributed by atoms with van der Waals surface area (Å²) in [7, 11) is 1.26. The zero-order valence-corrected chi connectivity index (χ0v) is 11.2. The van der Waals surface area contributed by atoms with Crippen LogP contribution in [-0.4, -0.2) is 25.0 Å². The van der Waals surface area contributed by atoms with Gasteiger partial charge in [0.05, 0.1) is 12.0 Å². The minimum absolute atomic E-state index is 0.343. The molecule has 0 fully saturated rings. The fourth-order valence-corrected chi connectivity index (χ4v) is 2.61. The lowest BCUT2D eigenvalue weighted by Gasteiger charge is -2.10. The summed E-state index contributed by atoms with van der Waals surface area (Å²) in [6, 6.07) is 5.27. The highest BCUT2D eigenvalue weighted by Gasteiger charge is 2.18. The summed E-state index contributed by atoms with van der Waals surface area (Å²) in [6.07, 6.45) is 0. The van der Waals surface area contributed by atoms with Gasteiger partial charge < -0.3 is 10.1 Å². The van der Waals surface area contributed by atoms with Gasteiger partial charge in [0.25, 0.3) is 5.91 Å². The predicted octanol–water partition coefficient (Wildman–Crippen LogP) is 2.33. The quantitative estimate of drug-likeness (QED) is 0.878. The molecule has 2 aromatic rings. The zero-order valence-electron chi connectivity index (χ0n) is 10.4. The van der Waals surface area contributed by atoms with Gasteiger partial charge in [-0.1, -0.05) is 6.07 Å². The molecule has 1 N–H and O–H groups in total. The molecule has 0 aliphatic rings. The highest BCUT2D eigenvalue weighted by Crippen LogP contribution is 2.26. The van der Waals surface area contributed by atoms with Crippen molar-refractivity contribution in [3.63, 3.8) is 0 Å². The SMILES string of the molecule is COC(=O)C(C)NC(=O)c1cc2ccc(F)cc2s1. The molecule has 4 nitrogen and oxygen atoms in total. The number of halogens is 1. The molecule has 1 aromatic carbocycles. The van der Waals surface area contributed by atoms with E-state index in [4.69, 9.17) is 0 Å². The van der Waals surface area contributed by atoms with Gasteiger partial charge in [-0.2, -0.15) is 0 Å². The summed E-state index contributed by atoms with van der Waals surface area (Å²) in [5, 5.41) is 3.32. The van der Waals surface area contributed by atoms with Crippen molar-refractivity contribution in [2.24, 2.45) is 0 Å². The summed E-state index contributed by atoms with van der Waals surface area (Å²) in [4.78, 5) is 23.6. The number of ether oxygens (including phenoxy) is 1. The highest BCUT2D eigenvalue weighted by molar-refractivity contribution is 7.20. The molecular formula is C13H12FNO3S. The number of amides is 1. The number of hydrogen-bond donors (Lipinski definition) is 1. The van der Waals surface area contributed by atoms with Crippen LogP contribution < -0.4 is 5.32 Å². The Balaban J connectivity index is 2.20. The van der Waals surface area contributed by atoms with E-state index in [1.54, 1.807) is 12.1 Å². The van der Waals surface area contributed by atoms with Gasteiger partial charge in [-0.15, -0.1) is 11.3 Å². The number of esters is 1. The third-order valence-electron chi connectivity index (χ3n) is 2.61. The minimum Gasteiger partial charge on any atom is -0.467 e. The number of fused-ring (bicyclic) bond motifs is 1. The number of methoxy groups -OCH3 is 1. The Morgan fingerprint density at radius 3 is 2.79 bits per heavy atom. The average molecular weight is 281 g/mol. The van der Waals surface area contributed by atoms with E-state index in [0.29, 0.717) is 9.58 Å². The lowest BCUT2D eigenvalue weighted by Crippen LogP contribution is -2.38. The van der Waals surface area contributed by atoms with E-state index in [0.717, 1.165) is 5.39 Å². The van der Waals surface area contributed by atoms with Crippen molar-refractivity contribution >= 4 is 33.3 Å². The monoisotopic (exact) mass is 281 g/mol. The van der Waals surface area contributed by atoms with Crippen LogP contribution in [0.2, 0.25) is 0 Å². The summed E-state index contributed by atoms with van der Waals surface area (Å²) in [5.41, 5.74) is 0. The van der Waals surface area contributed by atoms with E-state index in [2.05, 4.69) is 10.1 Å². The van der Waals surface area contributed by atoms with Crippen LogP contribution in [0.1, 0.15) is 16.6 Å². The molecule has 0 aliphatic carbocycles. The van der Waals surface area contributed by atoms with Crippen molar-refractivity contribution in [1.29, 1.82) is 0 Å². The maximum atomic E-state index is 13.1. The summed E-state index contributed by atoms with van der Waals surface area (Å²) in [5.74, 6) is -1.23. The normalized spacial score (nSPS) is 12.2. The number of thiophene rings is 1. The standard InChI is InChI=1S/C13H12FNO3S/c1-7(13(17)18-2)15-12(16)11-5-8-3-4-9(14)6-10(8)19-11/h3-7H,1-2H3,(H,15,16). The molecule has 0 bridgehead atoms. The van der Waals surface area contributed by atoms with Crippen molar-refractivity contribution < 1.29 is 18.7 Å². The molecule has 0 saturated carbocycles. The number of nitrogens with one attached hydrogen (secondary N) is 1. The molecule has 6 heteroatoms. The number of rotatable bonds is 3. The van der Waals surface area contributed by atoms with Crippen molar-refractivity contribution in [2.45, 2.75) is 13.0 Å². The van der Waals surface area contributed by atoms with Crippen LogP contribution in [0, 0.1) is 5.82 Å². The van der Waals surface area contributed by atoms with Crippen LogP contribution in [0.15, 0.2) is 24.3 Å². The van der Waals surface area contributed by atoms with Gasteiger partial charge in [0.15, 0.2) is 0 Å². The first-order chi connectivity index (χ1) is 9.01. The summed E-state index contributed by atoms with van der Waals surface area (Å²) >= 11 is 1.18. The number of carbonyl (C=O) groups excluding carboxylic acids is 2. The van der Waals surface area contributed by atoms with Crippen LogP contribution >= 0.6 is 11.3 Å². The maximum Gasteiger partial charge on any atom is 0.328 e. The molecule has 1 unspecified atom stereocenters. The molecule has 0 saturated heterocycles. The Morgan fingerprint density at radius 1 is 1.37 bits per heavy atom. The van der Waals surface area contributed by atoms with Crippen LogP contribution in [0.4, 0.5) is 4.39 Å². The number of benzene rings is 1. The molecule has 1 amide bonds. The molecule has 1 heterocycles. The Morgan fingerprint density at radius 2 is 2.11 bits per heavy atom. The lowest BCUT2D eigenvalue weighted by atomic mass is 10.2. The highest BCUT2D eigenvalue weighted by atomic mass is 32.1. The second-order valence-electron chi connectivity index (χ2n) is 4.01. The molecule has 0 spiro atoms. The first-order valence-corrected chi connectivity index (χ1v) is 6.40. The predicted molar refractivity (Wildman–Crippen MR) is 70.7 cm³/mol. The molecule has 2 rings (SSSR count). The molecule has 0 aliphatic heterocycles. The Hall–Kier alpha value is -1.95. The summed E-state index contributed by atoms with van der Waals surface area (Å²) in [6.45, 7) is 1.54. The van der Waals surface area contributed by atoms with Crippen LogP contribution in [-0.2, 0) is 9.53 Å². The van der Waals surface area contributed by atoms with Gasteiger partial charge in [-0.25, -0.2) is 9.18 Å². The van der Waals surface area contributed by atoms with Crippen LogP contribution in [0.3, 0.4) is 0 Å². The Labute approximate surface area is 113 Å². The smallest absolute Gasteiger partial charge is 0.328 e. The fourth-order valence-electron chi connectivity index (χ4n) is 1.62. The maximum absolute atomic E-state index is 13.1. The van der Waals surface area contributed by atoms with Gasteiger partial charge in [0, 0.05) is 4.70 Å². The van der Waals surface area contributed by atoms with Gasteiger partial charge >= 0.3 is 5.97 Å². The number of carbonyl (C=O) groups is 2. The molecule has 100 valence electrons. The molecular weight excluding hydrogens is 269 g/mol. The van der Waals surface area contributed by atoms with E-state index >= 15 is 0 Å². The van der Waals surface area contributed by atoms with Crippen LogP contribution in [0.25, 0.3) is 10.1 Å². The van der Waals surface area contributed by atoms with Gasteiger partial charge in [0.1, 0.15) is 11.9 Å². The van der Waals surface area contributed by atoms with E-state index in [1.807, 2.05) is 0 Å². The van der Waals surface area contributed by atoms with Gasteiger partial charge in [-0.05, 0) is 30.5 Å². The second-order valence-corrected chi connectivity index (χ2v) is 5.09. The first kappa shape index (κ1) is 13.5. The van der Waals surface area contributed by atoms with Crippen molar-refractivity contribution in [3.8, 4) is 0 Å². The van der Waals surface area contributed by atoms with Crippen molar-refractivity contribution in [3.05, 3.63) is 35.0 Å². The lowest BCUT2D eigenvalue weighted by molar-refractivity contribution is -0.142. The van der Waals surface area contributed by atoms with Crippen LogP contribution in [0.5, 0.6) is 0 Å². The van der Waals surface area contributed by atoms with Gasteiger partial charge in [-0.3, -0.25) is 4.79 Å². The third-order valence-corrected chi connectivity index (χ3v) is 3.70. The minimum atomic E-state index is -0.723. The molecule has 1 atom stereocenters. The van der Waals surface area contributed by atoms with Gasteiger partial charge in [0.2, 0.25) is 0 Å². The Kier molecular flexibility index (Phi) is 3.80. The molecule has 0 radical (unpaired) electrons. The topological polar surface area (TPSA) is 55.4 Å². The largest absolute Gasteiger partial charge is 0.467 e. The average Bonchev–Trinajstić information content (AvgIpc) is 2.80. The van der Waals surface area contributed by atoms with Crippen molar-refractivity contribution in [1.82, 2.24) is 5.32 Å². The second kappa shape index (κ2) is 5.36. The van der Waals surface area contributed by atoms with E-state index < -0.39 is 12.0 Å². The van der Waals surface area contributed by atoms with E-state index in [1.165, 1.54) is 37.5 Å². The van der Waals surface area contributed by atoms with E-state index in [-0.39, 0.29) is 11.7 Å².